The average molecular weight is 295 g/mol. The summed E-state index contributed by atoms with van der Waals surface area (Å²) < 4.78 is 0. The van der Waals surface area contributed by atoms with Crippen LogP contribution in [0.15, 0.2) is 0 Å². The van der Waals surface area contributed by atoms with Gasteiger partial charge < -0.3 is 10.2 Å². The number of carbonyl (C=O) groups is 1. The summed E-state index contributed by atoms with van der Waals surface area (Å²) >= 11 is 6.16. The van der Waals surface area contributed by atoms with Gasteiger partial charge in [-0.05, 0) is 32.6 Å². The molecule has 0 saturated carbocycles. The van der Waals surface area contributed by atoms with Gasteiger partial charge in [0.2, 0.25) is 5.91 Å². The third-order valence-corrected chi connectivity index (χ3v) is 4.66. The zero-order valence-corrected chi connectivity index (χ0v) is 12.6. The molecule has 0 aliphatic carbocycles. The maximum Gasteiger partial charge on any atom is 0.220 e. The largest absolute Gasteiger partial charge is 0.356 e. The van der Waals surface area contributed by atoms with E-state index in [1.807, 2.05) is 13.8 Å². The lowest BCUT2D eigenvalue weighted by Gasteiger charge is -2.42. The van der Waals surface area contributed by atoms with Gasteiger partial charge in [-0.1, -0.05) is 11.6 Å². The summed E-state index contributed by atoms with van der Waals surface area (Å²) in [5.74, 6) is 2.35. The molecule has 2 unspecified atom stereocenters. The van der Waals surface area contributed by atoms with Crippen molar-refractivity contribution in [3.05, 3.63) is 16.5 Å². The van der Waals surface area contributed by atoms with Crippen molar-refractivity contribution < 1.29 is 4.79 Å². The van der Waals surface area contributed by atoms with Crippen molar-refractivity contribution in [1.82, 2.24) is 15.3 Å². The first-order valence-electron chi connectivity index (χ1n) is 7.09. The highest BCUT2D eigenvalue weighted by Crippen LogP contribution is 2.31. The molecule has 2 atom stereocenters. The second-order valence-corrected chi connectivity index (χ2v) is 6.08. The average Bonchev–Trinajstić information content (AvgIpc) is 2.42. The number of piperidine rings is 2. The highest BCUT2D eigenvalue weighted by atomic mass is 35.5. The van der Waals surface area contributed by atoms with Crippen LogP contribution in [0, 0.1) is 19.8 Å². The Morgan fingerprint density at radius 1 is 1.30 bits per heavy atom. The van der Waals surface area contributed by atoms with Crippen molar-refractivity contribution in [2.45, 2.75) is 39.2 Å². The molecule has 1 N–H and O–H groups in total. The Balaban J connectivity index is 1.81. The number of carbonyl (C=O) groups excluding carboxylic acids is 1. The van der Waals surface area contributed by atoms with E-state index < -0.39 is 0 Å². The smallest absolute Gasteiger partial charge is 0.220 e. The van der Waals surface area contributed by atoms with Gasteiger partial charge in [0.1, 0.15) is 16.8 Å². The summed E-state index contributed by atoms with van der Waals surface area (Å²) in [5.41, 5.74) is 0.940. The van der Waals surface area contributed by atoms with Crippen LogP contribution >= 0.6 is 11.6 Å². The Kier molecular flexibility index (Phi) is 3.54. The van der Waals surface area contributed by atoms with E-state index in [0.717, 1.165) is 37.3 Å². The minimum atomic E-state index is 0.191. The Hall–Kier alpha value is -1.36. The molecule has 0 spiro atoms. The summed E-state index contributed by atoms with van der Waals surface area (Å²) in [6, 6.07) is 0.325. The maximum absolute atomic E-state index is 11.5. The monoisotopic (exact) mass is 294 g/mol. The second kappa shape index (κ2) is 5.20. The van der Waals surface area contributed by atoms with Gasteiger partial charge >= 0.3 is 0 Å². The fourth-order valence-electron chi connectivity index (χ4n) is 3.19. The molecular weight excluding hydrogens is 276 g/mol. The first kappa shape index (κ1) is 13.6. The molecule has 0 radical (unpaired) electrons. The maximum atomic E-state index is 11.5. The number of rotatable bonds is 1. The summed E-state index contributed by atoms with van der Waals surface area (Å²) in [6.45, 7) is 5.65. The molecule has 20 heavy (non-hydrogen) atoms. The predicted octanol–water partition coefficient (Wildman–Crippen LogP) is 1.85. The molecule has 2 saturated heterocycles. The third kappa shape index (κ3) is 2.46. The lowest BCUT2D eigenvalue weighted by atomic mass is 9.85. The Morgan fingerprint density at radius 2 is 2.10 bits per heavy atom. The molecule has 2 aliphatic rings. The van der Waals surface area contributed by atoms with Crippen LogP contribution in [0.25, 0.3) is 0 Å². The normalized spacial score (nSPS) is 26.1. The van der Waals surface area contributed by atoms with Gasteiger partial charge in [-0.25, -0.2) is 9.97 Å². The van der Waals surface area contributed by atoms with E-state index in [1.54, 1.807) is 0 Å². The summed E-state index contributed by atoms with van der Waals surface area (Å²) in [7, 11) is 0. The number of aryl methyl sites for hydroxylation is 1. The van der Waals surface area contributed by atoms with Crippen LogP contribution in [0.5, 0.6) is 0 Å². The van der Waals surface area contributed by atoms with Crippen LogP contribution in [0.3, 0.4) is 0 Å². The summed E-state index contributed by atoms with van der Waals surface area (Å²) in [4.78, 5) is 22.5. The van der Waals surface area contributed by atoms with E-state index in [-0.39, 0.29) is 5.91 Å². The van der Waals surface area contributed by atoms with E-state index in [9.17, 15) is 4.79 Å². The fraction of sp³-hybridized carbons (Fsp3) is 0.643. The van der Waals surface area contributed by atoms with Crippen molar-refractivity contribution in [1.29, 1.82) is 0 Å². The predicted molar refractivity (Wildman–Crippen MR) is 78.0 cm³/mol. The number of halogens is 1. The Morgan fingerprint density at radius 3 is 2.90 bits per heavy atom. The number of aromatic nitrogens is 2. The quantitative estimate of drug-likeness (QED) is 0.803. The lowest BCUT2D eigenvalue weighted by molar-refractivity contribution is -0.124. The van der Waals surface area contributed by atoms with Gasteiger partial charge in [0.25, 0.3) is 0 Å². The van der Waals surface area contributed by atoms with E-state index in [4.69, 9.17) is 11.6 Å². The van der Waals surface area contributed by atoms with Crippen LogP contribution in [-0.2, 0) is 4.79 Å². The standard InChI is InChI=1S/C14H19ClN4O/c1-8-13(15)16-9(2)17-14(8)19-6-5-11-10(7-19)3-4-12(20)18-11/h10-11H,3-7H2,1-2H3,(H,18,20). The first-order chi connectivity index (χ1) is 9.54. The van der Waals surface area contributed by atoms with E-state index in [2.05, 4.69) is 20.2 Å². The van der Waals surface area contributed by atoms with Crippen LogP contribution < -0.4 is 10.2 Å². The number of hydrogen-bond acceptors (Lipinski definition) is 4. The molecule has 3 rings (SSSR count). The molecule has 2 aliphatic heterocycles. The Bertz CT molecular complexity index is 548. The molecule has 0 aromatic carbocycles. The molecule has 3 heterocycles. The summed E-state index contributed by atoms with van der Waals surface area (Å²) in [6.07, 6.45) is 2.57. The molecule has 0 bridgehead atoms. The van der Waals surface area contributed by atoms with Crippen LogP contribution in [0.1, 0.15) is 30.7 Å². The van der Waals surface area contributed by atoms with Gasteiger partial charge in [-0.3, -0.25) is 4.79 Å². The number of hydrogen-bond donors (Lipinski definition) is 1. The number of fused-ring (bicyclic) bond motifs is 1. The van der Waals surface area contributed by atoms with Gasteiger partial charge in [-0.15, -0.1) is 0 Å². The van der Waals surface area contributed by atoms with Crippen LogP contribution in [0.2, 0.25) is 5.15 Å². The topological polar surface area (TPSA) is 58.1 Å². The van der Waals surface area contributed by atoms with Crippen molar-refractivity contribution in [3.8, 4) is 0 Å². The van der Waals surface area contributed by atoms with Gasteiger partial charge in [0, 0.05) is 31.1 Å². The number of nitrogens with zero attached hydrogens (tertiary/aromatic N) is 3. The molecular formula is C14H19ClN4O. The van der Waals surface area contributed by atoms with Gasteiger partial charge in [0.15, 0.2) is 0 Å². The van der Waals surface area contributed by atoms with Gasteiger partial charge in [0.05, 0.1) is 0 Å². The fourth-order valence-corrected chi connectivity index (χ4v) is 3.40. The van der Waals surface area contributed by atoms with Crippen LogP contribution in [0.4, 0.5) is 5.82 Å². The van der Waals surface area contributed by atoms with E-state index in [0.29, 0.717) is 29.4 Å². The minimum Gasteiger partial charge on any atom is -0.356 e. The highest BCUT2D eigenvalue weighted by Gasteiger charge is 2.34. The molecule has 5 nitrogen and oxygen atoms in total. The van der Waals surface area contributed by atoms with Crippen molar-refractivity contribution in [3.63, 3.8) is 0 Å². The number of nitrogens with one attached hydrogen (secondary N) is 1. The molecule has 6 heteroatoms. The number of amides is 1. The second-order valence-electron chi connectivity index (χ2n) is 5.72. The molecule has 1 amide bonds. The van der Waals surface area contributed by atoms with Crippen LogP contribution in [-0.4, -0.2) is 35.0 Å². The number of anilines is 1. The minimum absolute atomic E-state index is 0.191. The molecule has 2 fully saturated rings. The third-order valence-electron chi connectivity index (χ3n) is 4.29. The highest BCUT2D eigenvalue weighted by molar-refractivity contribution is 6.30. The summed E-state index contributed by atoms with van der Waals surface area (Å²) in [5, 5.41) is 3.64. The van der Waals surface area contributed by atoms with E-state index in [1.165, 1.54) is 0 Å². The van der Waals surface area contributed by atoms with E-state index >= 15 is 0 Å². The molecule has 108 valence electrons. The molecule has 1 aromatic heterocycles. The SMILES string of the molecule is Cc1nc(Cl)c(C)c(N2CCC3NC(=O)CCC3C2)n1. The zero-order valence-electron chi connectivity index (χ0n) is 11.8. The van der Waals surface area contributed by atoms with Crippen molar-refractivity contribution in [2.24, 2.45) is 5.92 Å². The first-order valence-corrected chi connectivity index (χ1v) is 7.47. The zero-order chi connectivity index (χ0) is 14.3. The van der Waals surface area contributed by atoms with Gasteiger partial charge in [-0.2, -0.15) is 0 Å². The van der Waals surface area contributed by atoms with Crippen molar-refractivity contribution in [2.75, 3.05) is 18.0 Å². The molecule has 1 aromatic rings. The lowest BCUT2D eigenvalue weighted by Crippen LogP contribution is -2.54. The Labute approximate surface area is 123 Å². The van der Waals surface area contributed by atoms with Crippen molar-refractivity contribution >= 4 is 23.3 Å².